The maximum atomic E-state index is 12.1. The molecule has 0 radical (unpaired) electrons. The van der Waals surface area contributed by atoms with Gasteiger partial charge in [-0.15, -0.1) is 0 Å². The Labute approximate surface area is 165 Å². The molecule has 28 heavy (non-hydrogen) atoms. The second-order valence-corrected chi connectivity index (χ2v) is 8.74. The molecule has 0 spiro atoms. The van der Waals surface area contributed by atoms with Crippen molar-refractivity contribution in [2.75, 3.05) is 6.61 Å². The molecule has 9 heteroatoms. The summed E-state index contributed by atoms with van der Waals surface area (Å²) in [4.78, 5) is 9.86. The van der Waals surface area contributed by atoms with E-state index >= 15 is 0 Å². The van der Waals surface area contributed by atoms with Gasteiger partial charge in [-0.3, -0.25) is 9.05 Å². The summed E-state index contributed by atoms with van der Waals surface area (Å²) in [6, 6.07) is 7.14. The van der Waals surface area contributed by atoms with E-state index in [9.17, 15) is 24.8 Å². The smallest absolute Gasteiger partial charge is 0.472 e. The highest BCUT2D eigenvalue weighted by atomic mass is 31.2. The number of phosphoric ester groups is 1. The van der Waals surface area contributed by atoms with Crippen molar-refractivity contribution in [3.8, 4) is 5.75 Å². The Kier molecular flexibility index (Phi) is 8.89. The standard InChI is InChI=1S/C19H31O8P/c1-13(2)26-28(23,24)27-19-17(22)11-15(20)12-18(19)25-10-6-5-8-14-7-3-4-9-16(14)21/h3-4,7,9,13,15,17-22H,5-6,8,10-12H2,1-2H3,(H,23,24)/t15-,17-,18-,19-/m1/s1. The van der Waals surface area contributed by atoms with Crippen LogP contribution < -0.4 is 0 Å². The van der Waals surface area contributed by atoms with E-state index in [-0.39, 0.29) is 18.6 Å². The molecule has 1 saturated carbocycles. The van der Waals surface area contributed by atoms with Gasteiger partial charge in [0, 0.05) is 19.4 Å². The van der Waals surface area contributed by atoms with E-state index in [0.29, 0.717) is 19.4 Å². The van der Waals surface area contributed by atoms with Crippen molar-refractivity contribution in [3.05, 3.63) is 29.8 Å². The highest BCUT2D eigenvalue weighted by Gasteiger charge is 2.42. The van der Waals surface area contributed by atoms with E-state index < -0.39 is 38.3 Å². The van der Waals surface area contributed by atoms with Crippen molar-refractivity contribution in [2.45, 2.75) is 76.5 Å². The zero-order chi connectivity index (χ0) is 20.7. The van der Waals surface area contributed by atoms with Crippen LogP contribution in [0.25, 0.3) is 0 Å². The van der Waals surface area contributed by atoms with Crippen LogP contribution in [0.1, 0.15) is 45.1 Å². The summed E-state index contributed by atoms with van der Waals surface area (Å²) in [7, 11) is -4.35. The van der Waals surface area contributed by atoms with Crippen LogP contribution in [0, 0.1) is 0 Å². The monoisotopic (exact) mass is 418 g/mol. The molecule has 160 valence electrons. The van der Waals surface area contributed by atoms with Gasteiger partial charge in [0.25, 0.3) is 0 Å². The van der Waals surface area contributed by atoms with Crippen LogP contribution in [-0.2, 0) is 24.8 Å². The van der Waals surface area contributed by atoms with Gasteiger partial charge in [0.15, 0.2) is 0 Å². The van der Waals surface area contributed by atoms with Crippen LogP contribution in [0.3, 0.4) is 0 Å². The molecule has 1 unspecified atom stereocenters. The number of phenols is 1. The van der Waals surface area contributed by atoms with Gasteiger partial charge in [0.1, 0.15) is 11.9 Å². The second kappa shape index (κ2) is 10.7. The minimum Gasteiger partial charge on any atom is -0.508 e. The maximum absolute atomic E-state index is 12.1. The minimum atomic E-state index is -4.35. The number of aryl methyl sites for hydroxylation is 1. The summed E-state index contributed by atoms with van der Waals surface area (Å²) in [5.41, 5.74) is 0.860. The second-order valence-electron chi connectivity index (χ2n) is 7.38. The van der Waals surface area contributed by atoms with Crippen LogP contribution >= 0.6 is 7.82 Å². The van der Waals surface area contributed by atoms with Crippen molar-refractivity contribution in [1.29, 1.82) is 0 Å². The van der Waals surface area contributed by atoms with Crippen LogP contribution in [0.5, 0.6) is 5.75 Å². The fourth-order valence-corrected chi connectivity index (χ4v) is 4.45. The van der Waals surface area contributed by atoms with Crippen molar-refractivity contribution in [2.24, 2.45) is 0 Å². The fraction of sp³-hybridized carbons (Fsp3) is 0.684. The Balaban J connectivity index is 1.85. The van der Waals surface area contributed by atoms with Crippen LogP contribution in [0.4, 0.5) is 0 Å². The van der Waals surface area contributed by atoms with E-state index in [1.54, 1.807) is 26.0 Å². The van der Waals surface area contributed by atoms with Gasteiger partial charge in [0.05, 0.1) is 24.4 Å². The van der Waals surface area contributed by atoms with E-state index in [1.807, 2.05) is 12.1 Å². The number of rotatable bonds is 10. The molecule has 1 fully saturated rings. The third-order valence-corrected chi connectivity index (χ3v) is 5.72. The molecular formula is C19H31O8P. The average molecular weight is 418 g/mol. The molecule has 1 aliphatic carbocycles. The fourth-order valence-electron chi connectivity index (χ4n) is 3.28. The summed E-state index contributed by atoms with van der Waals surface area (Å²) in [6.45, 7) is 3.54. The van der Waals surface area contributed by atoms with E-state index in [1.165, 1.54) is 0 Å². The summed E-state index contributed by atoms with van der Waals surface area (Å²) < 4.78 is 27.9. The minimum absolute atomic E-state index is 0.0412. The molecule has 0 amide bonds. The first-order valence-electron chi connectivity index (χ1n) is 9.62. The first-order chi connectivity index (χ1) is 13.2. The lowest BCUT2D eigenvalue weighted by molar-refractivity contribution is -0.137. The molecule has 2 rings (SSSR count). The predicted octanol–water partition coefficient (Wildman–Crippen LogP) is 2.53. The molecule has 0 aliphatic heterocycles. The third kappa shape index (κ3) is 7.44. The first-order valence-corrected chi connectivity index (χ1v) is 11.1. The number of phenolic OH excluding ortho intramolecular Hbond substituents is 1. The first kappa shape index (κ1) is 23.3. The van der Waals surface area contributed by atoms with Crippen molar-refractivity contribution in [3.63, 3.8) is 0 Å². The summed E-state index contributed by atoms with van der Waals surface area (Å²) >= 11 is 0. The topological polar surface area (TPSA) is 126 Å². The van der Waals surface area contributed by atoms with Gasteiger partial charge in [0.2, 0.25) is 0 Å². The molecule has 0 heterocycles. The van der Waals surface area contributed by atoms with Gasteiger partial charge in [-0.1, -0.05) is 18.2 Å². The van der Waals surface area contributed by atoms with Crippen molar-refractivity contribution < 1.29 is 38.6 Å². The van der Waals surface area contributed by atoms with Crippen molar-refractivity contribution in [1.82, 2.24) is 0 Å². The predicted molar refractivity (Wildman–Crippen MR) is 103 cm³/mol. The van der Waals surface area contributed by atoms with Gasteiger partial charge in [-0.25, -0.2) is 4.57 Å². The summed E-state index contributed by atoms with van der Waals surface area (Å²) in [6.07, 6.45) is -1.81. The van der Waals surface area contributed by atoms with Crippen LogP contribution in [0.15, 0.2) is 24.3 Å². The normalized spacial score (nSPS) is 27.6. The molecule has 1 aromatic rings. The van der Waals surface area contributed by atoms with Crippen molar-refractivity contribution >= 4 is 7.82 Å². The molecule has 0 aromatic heterocycles. The molecule has 0 bridgehead atoms. The summed E-state index contributed by atoms with van der Waals surface area (Å²) in [5.74, 6) is 0.263. The lowest BCUT2D eigenvalue weighted by Crippen LogP contribution is -2.48. The molecule has 4 N–H and O–H groups in total. The quantitative estimate of drug-likeness (QED) is 0.337. The number of para-hydroxylation sites is 1. The lowest BCUT2D eigenvalue weighted by atomic mass is 9.90. The van der Waals surface area contributed by atoms with E-state index in [2.05, 4.69) is 0 Å². The number of phosphoric acid groups is 1. The van der Waals surface area contributed by atoms with Gasteiger partial charge >= 0.3 is 7.82 Å². The van der Waals surface area contributed by atoms with Crippen LogP contribution in [-0.4, -0.2) is 57.3 Å². The average Bonchev–Trinajstić information content (AvgIpc) is 2.58. The number of aliphatic hydroxyl groups excluding tert-OH is 2. The maximum Gasteiger partial charge on any atom is 0.472 e. The summed E-state index contributed by atoms with van der Waals surface area (Å²) in [5, 5.41) is 29.9. The van der Waals surface area contributed by atoms with E-state index in [4.69, 9.17) is 13.8 Å². The number of hydrogen-bond acceptors (Lipinski definition) is 7. The Bertz CT molecular complexity index is 653. The molecule has 0 saturated heterocycles. The molecule has 1 aliphatic rings. The SMILES string of the molecule is CC(C)OP(=O)(O)O[C@@H]1[C@H](O)C[C@@H](O)C[C@H]1OCCCCc1ccccc1O. The Morgan fingerprint density at radius 3 is 2.57 bits per heavy atom. The number of ether oxygens (including phenoxy) is 1. The highest BCUT2D eigenvalue weighted by Crippen LogP contribution is 2.48. The number of unbranched alkanes of at least 4 members (excludes halogenated alkanes) is 1. The van der Waals surface area contributed by atoms with Gasteiger partial charge in [-0.2, -0.15) is 0 Å². The molecule has 8 nitrogen and oxygen atoms in total. The molecule has 1 aromatic carbocycles. The zero-order valence-corrected chi connectivity index (χ0v) is 17.2. The largest absolute Gasteiger partial charge is 0.508 e. The van der Waals surface area contributed by atoms with E-state index in [0.717, 1.165) is 12.0 Å². The lowest BCUT2D eigenvalue weighted by Gasteiger charge is -2.37. The Morgan fingerprint density at radius 2 is 1.89 bits per heavy atom. The third-order valence-electron chi connectivity index (χ3n) is 4.53. The Morgan fingerprint density at radius 1 is 1.18 bits per heavy atom. The Hall–Kier alpha value is -0.990. The van der Waals surface area contributed by atoms with Gasteiger partial charge < -0.3 is 24.9 Å². The number of aliphatic hydroxyl groups is 2. The number of benzene rings is 1. The van der Waals surface area contributed by atoms with Crippen LogP contribution in [0.2, 0.25) is 0 Å². The highest BCUT2D eigenvalue weighted by molar-refractivity contribution is 7.47. The van der Waals surface area contributed by atoms with Gasteiger partial charge in [-0.05, 0) is 44.7 Å². The number of hydrogen-bond donors (Lipinski definition) is 4. The molecular weight excluding hydrogens is 387 g/mol. The zero-order valence-electron chi connectivity index (χ0n) is 16.3. The molecule has 5 atom stereocenters. The number of aromatic hydroxyl groups is 1.